The average molecular weight is 164 g/mol. The van der Waals surface area contributed by atoms with Crippen LogP contribution >= 0.6 is 11.6 Å². The van der Waals surface area contributed by atoms with Gasteiger partial charge in [0.15, 0.2) is 0 Å². The summed E-state index contributed by atoms with van der Waals surface area (Å²) in [6.07, 6.45) is 5.64. The molecule has 1 radical (unpaired) electrons. The minimum Gasteiger partial charge on any atom is -0.0767 e. The number of rotatable bonds is 0. The quantitative estimate of drug-likeness (QED) is 0.558. The summed E-state index contributed by atoms with van der Waals surface area (Å²) < 4.78 is 0. The van der Waals surface area contributed by atoms with E-state index in [0.29, 0.717) is 5.02 Å². The topological polar surface area (TPSA) is 14.1 Å². The Balaban J connectivity index is 2.70. The van der Waals surface area contributed by atoms with Gasteiger partial charge in [0.1, 0.15) is 5.02 Å². The minimum absolute atomic E-state index is 0.711. The van der Waals surface area contributed by atoms with Crippen LogP contribution < -0.4 is 4.99 Å². The van der Waals surface area contributed by atoms with Gasteiger partial charge in [-0.2, -0.15) is 0 Å². The molecule has 0 saturated carbocycles. The molecule has 0 aromatic heterocycles. The smallest absolute Gasteiger partial charge is 0.0767 e. The van der Waals surface area contributed by atoms with E-state index in [1.165, 1.54) is 0 Å². The van der Waals surface area contributed by atoms with Gasteiger partial charge in [-0.05, 0) is 18.2 Å². The molecule has 2 heteroatoms. The Kier molecular flexibility index (Phi) is 1.51. The number of aliphatic imine (C=N–C) groups is 1. The largest absolute Gasteiger partial charge is 0.302 e. The van der Waals surface area contributed by atoms with Crippen molar-refractivity contribution in [3.8, 4) is 0 Å². The highest BCUT2D eigenvalue weighted by molar-refractivity contribution is 6.33. The van der Waals surface area contributed by atoms with Gasteiger partial charge >= 0.3 is 5.69 Å². The zero-order valence-electron chi connectivity index (χ0n) is 5.79. The number of para-hydroxylation sites is 1. The van der Waals surface area contributed by atoms with E-state index in [-0.39, 0.29) is 0 Å². The first-order chi connectivity index (χ1) is 5.38. The third-order valence-corrected chi connectivity index (χ3v) is 1.89. The molecule has 1 heterocycles. The van der Waals surface area contributed by atoms with Gasteiger partial charge in [-0.15, -0.1) is 0 Å². The van der Waals surface area contributed by atoms with Gasteiger partial charge in [0.25, 0.3) is 0 Å². The maximum absolute atomic E-state index is 5.89. The molecule has 0 amide bonds. The van der Waals surface area contributed by atoms with Crippen molar-refractivity contribution in [1.82, 2.24) is 4.99 Å². The molecule has 0 unspecified atom stereocenters. The second-order valence-electron chi connectivity index (χ2n) is 2.31. The summed E-state index contributed by atoms with van der Waals surface area (Å²) in [5, 5.41) is 0.711. The normalized spacial score (nSPS) is 13.2. The predicted molar refractivity (Wildman–Crippen MR) is 48.3 cm³/mol. The molecule has 53 valence electrons. The van der Waals surface area contributed by atoms with Gasteiger partial charge in [0.05, 0.1) is 10.6 Å². The molecule has 1 aromatic rings. The van der Waals surface area contributed by atoms with Crippen molar-refractivity contribution in [2.75, 3.05) is 0 Å². The fourth-order valence-corrected chi connectivity index (χ4v) is 1.30. The molecule has 0 fully saturated rings. The van der Waals surface area contributed by atoms with Crippen LogP contribution in [0.15, 0.2) is 24.3 Å². The number of allylic oxidation sites excluding steroid dienone is 1. The van der Waals surface area contributed by atoms with Crippen LogP contribution in [0.1, 0.15) is 5.56 Å². The van der Waals surface area contributed by atoms with Crippen LogP contribution in [0.5, 0.6) is 0 Å². The molecule has 11 heavy (non-hydrogen) atoms. The molecule has 0 aliphatic carbocycles. The Morgan fingerprint density at radius 2 is 2.18 bits per heavy atom. The molecule has 0 N–H and O–H groups in total. The van der Waals surface area contributed by atoms with Gasteiger partial charge in [-0.1, -0.05) is 17.7 Å². The first-order valence-electron chi connectivity index (χ1n) is 3.37. The Morgan fingerprint density at radius 1 is 1.27 bits per heavy atom. The molecule has 1 aliphatic rings. The van der Waals surface area contributed by atoms with E-state index in [0.717, 1.165) is 11.3 Å². The van der Waals surface area contributed by atoms with Crippen molar-refractivity contribution in [2.45, 2.75) is 0 Å². The number of hydrogen-bond donors (Lipinski definition) is 0. The van der Waals surface area contributed by atoms with Crippen molar-refractivity contribution in [1.29, 1.82) is 0 Å². The Labute approximate surface area is 70.0 Å². The monoisotopic (exact) mass is 163 g/mol. The molecule has 0 bridgehead atoms. The van der Waals surface area contributed by atoms with Crippen LogP contribution in [-0.4, -0.2) is 6.21 Å². The fraction of sp³-hybridized carbons (Fsp3) is 0. The maximum atomic E-state index is 5.89. The third-order valence-electron chi connectivity index (χ3n) is 1.58. The van der Waals surface area contributed by atoms with Gasteiger partial charge in [0, 0.05) is 6.08 Å². The lowest BCUT2D eigenvalue weighted by atomic mass is 10.1. The molecule has 0 saturated heterocycles. The second-order valence-corrected chi connectivity index (χ2v) is 2.72. The number of benzene rings is 1. The molecular weight excluding hydrogens is 158 g/mol. The maximum Gasteiger partial charge on any atom is 0.302 e. The summed E-state index contributed by atoms with van der Waals surface area (Å²) in [4.78, 5) is 4.15. The van der Waals surface area contributed by atoms with Crippen molar-refractivity contribution in [2.24, 2.45) is 0 Å². The van der Waals surface area contributed by atoms with Crippen LogP contribution in [0.2, 0.25) is 5.02 Å². The van der Waals surface area contributed by atoms with Crippen LogP contribution in [0.3, 0.4) is 0 Å². The molecular formula is C9H6ClN+. The lowest BCUT2D eigenvalue weighted by Crippen LogP contribution is -1.91. The van der Waals surface area contributed by atoms with Crippen molar-refractivity contribution in [3.63, 3.8) is 0 Å². The second kappa shape index (κ2) is 2.51. The lowest BCUT2D eigenvalue weighted by Gasteiger charge is -1.94. The minimum atomic E-state index is 0.711. The number of hydrogen-bond acceptors (Lipinski definition) is 1. The zero-order chi connectivity index (χ0) is 7.68. The SMILES string of the molecule is Clc1cccc2c1[N+]=CC=C2. The van der Waals surface area contributed by atoms with E-state index in [9.17, 15) is 0 Å². The fourth-order valence-electron chi connectivity index (χ4n) is 1.07. The summed E-state index contributed by atoms with van der Waals surface area (Å²) in [7, 11) is 0. The van der Waals surface area contributed by atoms with E-state index in [2.05, 4.69) is 4.99 Å². The number of halogens is 1. The highest BCUT2D eigenvalue weighted by Gasteiger charge is 2.15. The van der Waals surface area contributed by atoms with Crippen LogP contribution in [-0.2, 0) is 0 Å². The van der Waals surface area contributed by atoms with Crippen molar-refractivity contribution < 1.29 is 0 Å². The molecule has 1 aliphatic heterocycles. The predicted octanol–water partition coefficient (Wildman–Crippen LogP) is 2.40. The van der Waals surface area contributed by atoms with Gasteiger partial charge < -0.3 is 0 Å². The highest BCUT2D eigenvalue weighted by atomic mass is 35.5. The summed E-state index contributed by atoms with van der Waals surface area (Å²) >= 11 is 5.89. The van der Waals surface area contributed by atoms with E-state index in [1.54, 1.807) is 6.21 Å². The Bertz CT molecular complexity index is 339. The standard InChI is InChI=1S/C9H6ClN/c10-8-5-1-3-7-4-2-6-11-9(7)8/h1-6H/q+1. The molecule has 2 rings (SSSR count). The van der Waals surface area contributed by atoms with Crippen molar-refractivity contribution in [3.05, 3.63) is 34.9 Å². The average Bonchev–Trinajstić information content (AvgIpc) is 2.06. The van der Waals surface area contributed by atoms with E-state index < -0.39 is 0 Å². The van der Waals surface area contributed by atoms with Gasteiger partial charge in [-0.25, -0.2) is 0 Å². The van der Waals surface area contributed by atoms with Gasteiger partial charge in [-0.3, -0.25) is 0 Å². The summed E-state index contributed by atoms with van der Waals surface area (Å²) in [5.41, 5.74) is 1.96. The Hall–Kier alpha value is -1.08. The molecule has 1 aromatic carbocycles. The zero-order valence-corrected chi connectivity index (χ0v) is 6.55. The van der Waals surface area contributed by atoms with E-state index >= 15 is 0 Å². The highest BCUT2D eigenvalue weighted by Crippen LogP contribution is 2.26. The number of fused-ring (bicyclic) bond motifs is 1. The molecule has 0 spiro atoms. The van der Waals surface area contributed by atoms with E-state index in [1.807, 2.05) is 30.4 Å². The Morgan fingerprint density at radius 3 is 3.00 bits per heavy atom. The summed E-state index contributed by atoms with van der Waals surface area (Å²) in [6.45, 7) is 0. The first kappa shape index (κ1) is 6.62. The van der Waals surface area contributed by atoms with Crippen molar-refractivity contribution >= 4 is 29.6 Å². The molecule has 0 atom stereocenters. The van der Waals surface area contributed by atoms with Gasteiger partial charge in [0.2, 0.25) is 6.21 Å². The van der Waals surface area contributed by atoms with Crippen LogP contribution in [0, 0.1) is 0 Å². The molecule has 1 nitrogen and oxygen atoms in total. The lowest BCUT2D eigenvalue weighted by molar-refractivity contribution is 1.37. The number of nitrogens with zero attached hydrogens (tertiary/aromatic N) is 1. The summed E-state index contributed by atoms with van der Waals surface area (Å²) in [5.74, 6) is 0. The third kappa shape index (κ3) is 1.08. The first-order valence-corrected chi connectivity index (χ1v) is 3.75. The van der Waals surface area contributed by atoms with Crippen LogP contribution in [0.25, 0.3) is 6.08 Å². The van der Waals surface area contributed by atoms with Crippen LogP contribution in [0.4, 0.5) is 5.69 Å². The van der Waals surface area contributed by atoms with E-state index in [4.69, 9.17) is 11.6 Å². The summed E-state index contributed by atoms with van der Waals surface area (Å²) in [6, 6.07) is 5.76.